The highest BCUT2D eigenvalue weighted by Crippen LogP contribution is 2.25. The van der Waals surface area contributed by atoms with E-state index in [-0.39, 0.29) is 41.6 Å². The Morgan fingerprint density at radius 3 is 2.77 bits per heavy atom. The van der Waals surface area contributed by atoms with Gasteiger partial charge in [0.2, 0.25) is 5.91 Å². The van der Waals surface area contributed by atoms with E-state index in [1.165, 1.54) is 6.07 Å². The maximum Gasteiger partial charge on any atom is 0.222 e. The minimum atomic E-state index is -0.262. The molecule has 1 aromatic heterocycles. The number of benzene rings is 1. The zero-order chi connectivity index (χ0) is 21.3. The molecule has 9 heteroatoms. The van der Waals surface area contributed by atoms with Crippen molar-refractivity contribution >= 4 is 41.7 Å². The molecule has 1 aliphatic heterocycles. The van der Waals surface area contributed by atoms with Gasteiger partial charge in [0.1, 0.15) is 11.6 Å². The van der Waals surface area contributed by atoms with Gasteiger partial charge in [-0.05, 0) is 31.9 Å². The van der Waals surface area contributed by atoms with E-state index < -0.39 is 0 Å². The third-order valence-electron chi connectivity index (χ3n) is 5.15. The lowest BCUT2D eigenvalue weighted by molar-refractivity contribution is -0.122. The van der Waals surface area contributed by atoms with E-state index in [0.717, 1.165) is 30.8 Å². The average molecular weight is 540 g/mol. The van der Waals surface area contributed by atoms with Gasteiger partial charge in [-0.1, -0.05) is 24.3 Å². The summed E-state index contributed by atoms with van der Waals surface area (Å²) >= 11 is 0. The fourth-order valence-electron chi connectivity index (χ4n) is 3.57. The Kier molecular flexibility index (Phi) is 9.96. The summed E-state index contributed by atoms with van der Waals surface area (Å²) < 4.78 is 13.9. The molecule has 168 valence electrons. The lowest BCUT2D eigenvalue weighted by Gasteiger charge is -2.33. The number of carbonyl (C=O) groups excluding carboxylic acids is 1. The molecule has 1 aliphatic rings. The minimum absolute atomic E-state index is 0. The molecule has 31 heavy (non-hydrogen) atoms. The molecule has 4 N–H and O–H groups in total. The molecule has 2 aromatic rings. The first-order chi connectivity index (χ1) is 14.6. The summed E-state index contributed by atoms with van der Waals surface area (Å²) in [6.07, 6.45) is 3.47. The van der Waals surface area contributed by atoms with E-state index in [1.807, 2.05) is 25.1 Å². The van der Waals surface area contributed by atoms with Crippen LogP contribution in [-0.4, -0.2) is 36.5 Å². The fourth-order valence-corrected chi connectivity index (χ4v) is 3.57. The van der Waals surface area contributed by atoms with Crippen LogP contribution in [0.1, 0.15) is 30.9 Å². The lowest BCUT2D eigenvalue weighted by atomic mass is 9.97. The first kappa shape index (κ1) is 24.8. The van der Waals surface area contributed by atoms with Gasteiger partial charge in [-0.3, -0.25) is 4.79 Å². The smallest absolute Gasteiger partial charge is 0.222 e. The van der Waals surface area contributed by atoms with Crippen LogP contribution in [0.25, 0.3) is 0 Å². The first-order valence-corrected chi connectivity index (χ1v) is 10.3. The Labute approximate surface area is 199 Å². The second-order valence-corrected chi connectivity index (χ2v) is 7.31. The number of nitrogens with zero attached hydrogens (tertiary/aromatic N) is 3. The molecule has 0 radical (unpaired) electrons. The van der Waals surface area contributed by atoms with Gasteiger partial charge in [-0.15, -0.1) is 24.0 Å². The van der Waals surface area contributed by atoms with Crippen molar-refractivity contribution in [2.24, 2.45) is 16.6 Å². The van der Waals surface area contributed by atoms with E-state index >= 15 is 0 Å². The van der Waals surface area contributed by atoms with Crippen molar-refractivity contribution in [3.05, 3.63) is 59.5 Å². The van der Waals surface area contributed by atoms with Crippen molar-refractivity contribution in [1.29, 1.82) is 0 Å². The van der Waals surface area contributed by atoms with Crippen LogP contribution in [0.2, 0.25) is 0 Å². The Morgan fingerprint density at radius 1 is 1.26 bits per heavy atom. The zero-order valence-corrected chi connectivity index (χ0v) is 20.0. The number of primary amides is 1. The summed E-state index contributed by atoms with van der Waals surface area (Å²) in [5.74, 6) is 0.768. The number of aliphatic imine (C=N–C) groups is 1. The molecule has 1 saturated heterocycles. The summed E-state index contributed by atoms with van der Waals surface area (Å²) in [5, 5.41) is 6.36. The van der Waals surface area contributed by atoms with Crippen molar-refractivity contribution in [1.82, 2.24) is 15.6 Å². The number of anilines is 1. The van der Waals surface area contributed by atoms with Crippen molar-refractivity contribution in [2.45, 2.75) is 32.9 Å². The SMILES string of the molecule is CCNC(=NCc1cccnc1N1CCCC(C(N)=O)C1)NCc1ccccc1F.I. The van der Waals surface area contributed by atoms with Crippen LogP contribution in [0, 0.1) is 11.7 Å². The standard InChI is InChI=1S/C22H29FN6O.HI/c1-2-25-22(27-13-16-7-3-4-10-19(16)23)28-14-17-8-5-11-26-21(17)29-12-6-9-18(15-29)20(24)30;/h3-5,7-8,10-11,18H,2,6,9,12-15H2,1H3,(H2,24,30)(H2,25,27,28);1H. The molecule has 3 rings (SSSR count). The molecule has 0 saturated carbocycles. The van der Waals surface area contributed by atoms with Gasteiger partial charge in [-0.2, -0.15) is 0 Å². The Balaban J connectivity index is 0.00000341. The minimum Gasteiger partial charge on any atom is -0.369 e. The number of nitrogens with two attached hydrogens (primary N) is 1. The topological polar surface area (TPSA) is 95.6 Å². The number of guanidine groups is 1. The average Bonchev–Trinajstić information content (AvgIpc) is 2.77. The van der Waals surface area contributed by atoms with Crippen molar-refractivity contribution in [2.75, 3.05) is 24.5 Å². The summed E-state index contributed by atoms with van der Waals surface area (Å²) in [6.45, 7) is 4.83. The van der Waals surface area contributed by atoms with E-state index in [2.05, 4.69) is 25.5 Å². The number of rotatable bonds is 7. The van der Waals surface area contributed by atoms with Gasteiger partial charge in [0.25, 0.3) is 0 Å². The molecule has 1 amide bonds. The molecule has 7 nitrogen and oxygen atoms in total. The number of piperidine rings is 1. The summed E-state index contributed by atoms with van der Waals surface area (Å²) in [7, 11) is 0. The number of carbonyl (C=O) groups is 1. The van der Waals surface area contributed by atoms with Gasteiger partial charge < -0.3 is 21.3 Å². The number of nitrogens with one attached hydrogen (secondary N) is 2. The van der Waals surface area contributed by atoms with Crippen molar-refractivity contribution in [3.63, 3.8) is 0 Å². The van der Waals surface area contributed by atoms with Gasteiger partial charge in [0.05, 0.1) is 12.5 Å². The highest BCUT2D eigenvalue weighted by molar-refractivity contribution is 14.0. The number of halogens is 2. The summed E-state index contributed by atoms with van der Waals surface area (Å²) in [5.41, 5.74) is 7.06. The fraction of sp³-hybridized carbons (Fsp3) is 0.409. The van der Waals surface area contributed by atoms with E-state index in [0.29, 0.717) is 37.7 Å². The Bertz CT molecular complexity index is 894. The predicted octanol–water partition coefficient (Wildman–Crippen LogP) is 2.80. The highest BCUT2D eigenvalue weighted by Gasteiger charge is 2.25. The van der Waals surface area contributed by atoms with Crippen LogP contribution >= 0.6 is 24.0 Å². The third kappa shape index (κ3) is 7.05. The zero-order valence-electron chi connectivity index (χ0n) is 17.7. The predicted molar refractivity (Wildman–Crippen MR) is 132 cm³/mol. The van der Waals surface area contributed by atoms with Gasteiger partial charge in [0.15, 0.2) is 5.96 Å². The maximum absolute atomic E-state index is 13.9. The van der Waals surface area contributed by atoms with Gasteiger partial charge in [-0.25, -0.2) is 14.4 Å². The normalized spacial score (nSPS) is 16.4. The second-order valence-electron chi connectivity index (χ2n) is 7.31. The van der Waals surface area contributed by atoms with Crippen molar-refractivity contribution < 1.29 is 9.18 Å². The summed E-state index contributed by atoms with van der Waals surface area (Å²) in [6, 6.07) is 10.5. The van der Waals surface area contributed by atoms with Gasteiger partial charge in [0, 0.05) is 43.5 Å². The molecule has 2 heterocycles. The lowest BCUT2D eigenvalue weighted by Crippen LogP contribution is -2.42. The van der Waals surface area contributed by atoms with E-state index in [9.17, 15) is 9.18 Å². The molecule has 1 unspecified atom stereocenters. The molecule has 0 spiro atoms. The number of pyridine rings is 1. The number of hydrogen-bond donors (Lipinski definition) is 3. The summed E-state index contributed by atoms with van der Waals surface area (Å²) in [4.78, 5) is 22.9. The molecule has 0 bridgehead atoms. The monoisotopic (exact) mass is 540 g/mol. The quantitative estimate of drug-likeness (QED) is 0.285. The molecular formula is C22H30FIN6O. The number of aromatic nitrogens is 1. The molecule has 1 atom stereocenters. The molecule has 0 aliphatic carbocycles. The maximum atomic E-state index is 13.9. The van der Waals surface area contributed by atoms with Crippen molar-refractivity contribution in [3.8, 4) is 0 Å². The number of amides is 1. The molecular weight excluding hydrogens is 510 g/mol. The van der Waals surface area contributed by atoms with Crippen LogP contribution in [0.5, 0.6) is 0 Å². The van der Waals surface area contributed by atoms with E-state index in [1.54, 1.807) is 18.3 Å². The largest absolute Gasteiger partial charge is 0.369 e. The molecule has 1 fully saturated rings. The third-order valence-corrected chi connectivity index (χ3v) is 5.15. The van der Waals surface area contributed by atoms with E-state index in [4.69, 9.17) is 5.73 Å². The Morgan fingerprint density at radius 2 is 2.03 bits per heavy atom. The number of hydrogen-bond acceptors (Lipinski definition) is 4. The first-order valence-electron chi connectivity index (χ1n) is 10.3. The second kappa shape index (κ2) is 12.4. The highest BCUT2D eigenvalue weighted by atomic mass is 127. The van der Waals surface area contributed by atoms with Crippen LogP contribution in [0.4, 0.5) is 10.2 Å². The van der Waals surface area contributed by atoms with Crippen LogP contribution < -0.4 is 21.3 Å². The van der Waals surface area contributed by atoms with Crippen LogP contribution in [-0.2, 0) is 17.9 Å². The van der Waals surface area contributed by atoms with Gasteiger partial charge >= 0.3 is 0 Å². The molecule has 1 aromatic carbocycles. The Hall–Kier alpha value is -2.43. The van der Waals surface area contributed by atoms with Crippen LogP contribution in [0.3, 0.4) is 0 Å². The van der Waals surface area contributed by atoms with Crippen LogP contribution in [0.15, 0.2) is 47.6 Å².